The minimum atomic E-state index is -4.69. The second kappa shape index (κ2) is 16.7. The summed E-state index contributed by atoms with van der Waals surface area (Å²) in [6.45, 7) is 0. The van der Waals surface area contributed by atoms with Crippen molar-refractivity contribution in [2.45, 2.75) is 6.17 Å². The van der Waals surface area contributed by atoms with Crippen LogP contribution in [0.3, 0.4) is 0 Å². The highest BCUT2D eigenvalue weighted by Crippen LogP contribution is 2.49. The highest BCUT2D eigenvalue weighted by atomic mass is 35.7. The van der Waals surface area contributed by atoms with Crippen molar-refractivity contribution in [2.24, 2.45) is 7.05 Å². The molecule has 60 heavy (non-hydrogen) atoms. The van der Waals surface area contributed by atoms with Gasteiger partial charge in [-0.25, -0.2) is 9.97 Å². The van der Waals surface area contributed by atoms with E-state index in [9.17, 15) is 10.5 Å². The molecule has 0 saturated carbocycles. The zero-order valence-electron chi connectivity index (χ0n) is 32.0. The monoisotopic (exact) mass is 807 g/mol. The molecule has 0 aliphatic carbocycles. The highest BCUT2D eigenvalue weighted by Gasteiger charge is 2.40. The van der Waals surface area contributed by atoms with Gasteiger partial charge >= 0.3 is 0 Å². The fourth-order valence-electron chi connectivity index (χ4n) is 7.54. The zero-order chi connectivity index (χ0) is 41.8. The Hall–Kier alpha value is -7.61. The molecule has 0 fully saturated rings. The van der Waals surface area contributed by atoms with Gasteiger partial charge in [0.15, 0.2) is 11.6 Å². The summed E-state index contributed by atoms with van der Waals surface area (Å²) in [5.74, 6) is 1.34. The van der Waals surface area contributed by atoms with Crippen molar-refractivity contribution >= 4 is 40.0 Å². The molecule has 12 heteroatoms. The standard InChI is InChI=1S/C48H33N7.ClHO4/c1-53-42-20-12-11-19-40(42)41(46(53)37-17-9-4-10-18-37)29-30-43-54(38-25-21-33(31-49)22-26-38)47-48(55(43)39-27-23-34(32-50)24-28-39)52-45(36-15-7-3-8-16-36)44(51-47)35-13-5-2-6-14-35;2-1(3,4)5/h2-30,43H,1H3;(H,2,3,4,5). The lowest BCUT2D eigenvalue weighted by Gasteiger charge is -2.30. The predicted octanol–water partition coefficient (Wildman–Crippen LogP) is 6.92. The van der Waals surface area contributed by atoms with Gasteiger partial charge in [0.2, 0.25) is 0 Å². The molecular formula is C48H34ClN7O4. The van der Waals surface area contributed by atoms with Crippen LogP contribution in [-0.4, -0.2) is 25.4 Å². The largest absolute Gasteiger partial charge is 0.343 e. The molecule has 0 radical (unpaired) electrons. The molecule has 2 aromatic heterocycles. The van der Waals surface area contributed by atoms with Crippen LogP contribution in [0.2, 0.25) is 0 Å². The number of benzene rings is 6. The quantitative estimate of drug-likeness (QED) is 0.178. The number of anilines is 4. The third-order valence-corrected chi connectivity index (χ3v) is 10.1. The van der Waals surface area contributed by atoms with Gasteiger partial charge < -0.3 is 4.57 Å². The minimum Gasteiger partial charge on any atom is -0.343 e. The maximum absolute atomic E-state index is 9.73. The molecule has 8 aromatic rings. The first-order valence-corrected chi connectivity index (χ1v) is 20.0. The Bertz CT molecular complexity index is 2770. The summed E-state index contributed by atoms with van der Waals surface area (Å²) in [6.07, 6.45) is 3.97. The van der Waals surface area contributed by atoms with Crippen molar-refractivity contribution < 1.29 is 28.9 Å². The van der Waals surface area contributed by atoms with Crippen molar-refractivity contribution in [3.63, 3.8) is 0 Å². The number of aryl methyl sites for hydroxylation is 1. The maximum Gasteiger partial charge on any atom is 0.179 e. The van der Waals surface area contributed by atoms with Crippen LogP contribution in [0.15, 0.2) is 170 Å². The average Bonchev–Trinajstić information content (AvgIpc) is 3.75. The second-order valence-corrected chi connectivity index (χ2v) is 14.5. The average molecular weight is 808 g/mol. The smallest absolute Gasteiger partial charge is 0.179 e. The first-order chi connectivity index (χ1) is 29.1. The molecule has 3 heterocycles. The third kappa shape index (κ3) is 7.94. The van der Waals surface area contributed by atoms with E-state index in [1.807, 2.05) is 91.0 Å². The predicted molar refractivity (Wildman–Crippen MR) is 223 cm³/mol. The van der Waals surface area contributed by atoms with Gasteiger partial charge in [0, 0.05) is 46.0 Å². The first-order valence-electron chi connectivity index (χ1n) is 18.7. The van der Waals surface area contributed by atoms with E-state index >= 15 is 0 Å². The van der Waals surface area contributed by atoms with Crippen molar-refractivity contribution in [1.29, 1.82) is 10.5 Å². The van der Waals surface area contributed by atoms with E-state index in [1.54, 1.807) is 0 Å². The van der Waals surface area contributed by atoms with Gasteiger partial charge in [0.1, 0.15) is 6.17 Å². The fourth-order valence-corrected chi connectivity index (χ4v) is 7.54. The molecule has 292 valence electrons. The van der Waals surface area contributed by atoms with Crippen LogP contribution in [0.1, 0.15) is 16.7 Å². The van der Waals surface area contributed by atoms with Crippen molar-refractivity contribution in [3.8, 4) is 45.9 Å². The first kappa shape index (κ1) is 39.2. The van der Waals surface area contributed by atoms with Crippen LogP contribution >= 0.6 is 0 Å². The van der Waals surface area contributed by atoms with Crippen molar-refractivity contribution in [3.05, 3.63) is 187 Å². The number of rotatable bonds is 7. The molecule has 0 amide bonds. The zero-order valence-corrected chi connectivity index (χ0v) is 32.8. The Kier molecular flexibility index (Phi) is 10.9. The number of para-hydroxylation sites is 1. The maximum atomic E-state index is 9.73. The summed E-state index contributed by atoms with van der Waals surface area (Å²) in [5, 5.41) is 20.6. The normalized spacial score (nSPS) is 12.5. The van der Waals surface area contributed by atoms with Crippen LogP contribution in [0.5, 0.6) is 0 Å². The highest BCUT2D eigenvalue weighted by molar-refractivity contribution is 5.98. The number of fused-ring (bicyclic) bond motifs is 2. The molecule has 1 N–H and O–H groups in total. The molecule has 0 unspecified atom stereocenters. The number of hydrogen-bond acceptors (Lipinski definition) is 10. The molecule has 9 rings (SSSR count). The SMILES string of the molecule is Cn1c(-c2ccccc2)c(C=CC2N(c3ccc(C#N)cc3)c3nc(-c4ccccc4)c(-c4ccccc4)nc3N2c2ccc(C#N)cc2)c2ccccc21.[O-][Cl+3]([O-])([O-])O. The molecule has 6 aromatic carbocycles. The van der Waals surface area contributed by atoms with Gasteiger partial charge in [-0.05, 0) is 66.2 Å². The van der Waals surface area contributed by atoms with Gasteiger partial charge in [-0.15, -0.1) is 0 Å². The summed E-state index contributed by atoms with van der Waals surface area (Å²) in [6, 6.07) is 59.0. The molecular weight excluding hydrogens is 774 g/mol. The molecule has 0 saturated heterocycles. The lowest BCUT2D eigenvalue weighted by Crippen LogP contribution is -2.58. The van der Waals surface area contributed by atoms with Crippen LogP contribution in [0.25, 0.3) is 50.8 Å². The van der Waals surface area contributed by atoms with E-state index in [1.165, 1.54) is 0 Å². The second-order valence-electron chi connectivity index (χ2n) is 13.7. The van der Waals surface area contributed by atoms with E-state index in [0.29, 0.717) is 22.8 Å². The Morgan fingerprint density at radius 2 is 0.983 bits per heavy atom. The minimum absolute atomic E-state index is 0.451. The molecule has 1 aliphatic rings. The number of nitrogens with zero attached hydrogens (tertiary/aromatic N) is 7. The summed E-state index contributed by atoms with van der Waals surface area (Å²) in [4.78, 5) is 15.4. The van der Waals surface area contributed by atoms with E-state index in [0.717, 1.165) is 61.6 Å². The lowest BCUT2D eigenvalue weighted by molar-refractivity contribution is -1.92. The number of nitriles is 2. The third-order valence-electron chi connectivity index (χ3n) is 10.1. The van der Waals surface area contributed by atoms with Crippen molar-refractivity contribution in [1.82, 2.24) is 14.5 Å². The van der Waals surface area contributed by atoms with E-state index in [4.69, 9.17) is 28.6 Å². The molecule has 0 spiro atoms. The Morgan fingerprint density at radius 1 is 0.583 bits per heavy atom. The van der Waals surface area contributed by atoms with Crippen molar-refractivity contribution in [2.75, 3.05) is 9.80 Å². The van der Waals surface area contributed by atoms with Gasteiger partial charge in [-0.3, -0.25) is 9.80 Å². The van der Waals surface area contributed by atoms with E-state index in [-0.39, 0.29) is 0 Å². The van der Waals surface area contributed by atoms with Gasteiger partial charge in [-0.2, -0.15) is 24.5 Å². The number of hydrogen-bond donors (Lipinski definition) is 1. The van der Waals surface area contributed by atoms with Gasteiger partial charge in [-0.1, -0.05) is 115 Å². The van der Waals surface area contributed by atoms with E-state index < -0.39 is 16.4 Å². The van der Waals surface area contributed by atoms with Gasteiger partial charge in [0.05, 0.1) is 55.2 Å². The van der Waals surface area contributed by atoms with Crippen LogP contribution < -0.4 is 23.8 Å². The Labute approximate surface area is 348 Å². The lowest BCUT2D eigenvalue weighted by atomic mass is 10.0. The summed E-state index contributed by atoms with van der Waals surface area (Å²) in [7, 11) is -2.58. The summed E-state index contributed by atoms with van der Waals surface area (Å²) in [5.41, 5.74) is 10.7. The van der Waals surface area contributed by atoms with Crippen LogP contribution in [0, 0.1) is 32.9 Å². The fraction of sp³-hybridized carbons (Fsp3) is 0.0417. The molecule has 11 nitrogen and oxygen atoms in total. The summed E-state index contributed by atoms with van der Waals surface area (Å²) >= 11 is 0. The molecule has 1 aliphatic heterocycles. The summed E-state index contributed by atoms with van der Waals surface area (Å²) < 4.78 is 35.0. The molecule has 0 bridgehead atoms. The number of halogens is 1. The van der Waals surface area contributed by atoms with Crippen LogP contribution in [0.4, 0.5) is 23.0 Å². The van der Waals surface area contributed by atoms with Gasteiger partial charge in [0.25, 0.3) is 0 Å². The Balaban J connectivity index is 0.000000943. The topological polar surface area (TPSA) is 174 Å². The Morgan fingerprint density at radius 3 is 1.42 bits per heavy atom. The van der Waals surface area contributed by atoms with Crippen LogP contribution in [-0.2, 0) is 7.05 Å². The molecule has 0 atom stereocenters. The van der Waals surface area contributed by atoms with E-state index in [2.05, 4.69) is 119 Å². The number of aromatic nitrogens is 3.